The molecule has 0 saturated carbocycles. The highest BCUT2D eigenvalue weighted by molar-refractivity contribution is 6.26. The molecule has 7 nitrogen and oxygen atoms in total. The number of nitro groups is 1. The van der Waals surface area contributed by atoms with Gasteiger partial charge >= 0.3 is 0 Å². The van der Waals surface area contributed by atoms with Crippen molar-refractivity contribution in [2.75, 3.05) is 4.90 Å². The van der Waals surface area contributed by atoms with E-state index in [2.05, 4.69) is 0 Å². The van der Waals surface area contributed by atoms with Gasteiger partial charge in [-0.25, -0.2) is 4.90 Å². The molecule has 0 spiro atoms. The molecule has 3 aliphatic rings. The van der Waals surface area contributed by atoms with E-state index in [4.69, 9.17) is 4.74 Å². The number of nitrogens with zero attached hydrogens (tertiary/aromatic N) is 2. The van der Waals surface area contributed by atoms with E-state index in [1.165, 1.54) is 17.0 Å². The van der Waals surface area contributed by atoms with E-state index >= 15 is 0 Å². The summed E-state index contributed by atoms with van der Waals surface area (Å²) >= 11 is 0. The Balaban J connectivity index is 1.68. The largest absolute Gasteiger partial charge is 0.367 e. The molecule has 28 heavy (non-hydrogen) atoms. The van der Waals surface area contributed by atoms with Gasteiger partial charge in [-0.15, -0.1) is 0 Å². The SMILES string of the molecule is CC[C@]12CCC(C)(O1)[C@@H]1C(=O)N(c3ccc([N+](=O)[O-])c4ccccc34)C(=O)[C@@H]12. The first-order valence-electron chi connectivity index (χ1n) is 9.57. The summed E-state index contributed by atoms with van der Waals surface area (Å²) < 4.78 is 6.27. The smallest absolute Gasteiger partial charge is 0.277 e. The predicted molar refractivity (Wildman–Crippen MR) is 102 cm³/mol. The number of imide groups is 1. The topological polar surface area (TPSA) is 89.8 Å². The van der Waals surface area contributed by atoms with Crippen LogP contribution in [-0.4, -0.2) is 27.9 Å². The van der Waals surface area contributed by atoms with E-state index in [0.717, 1.165) is 12.8 Å². The van der Waals surface area contributed by atoms with Crippen LogP contribution in [0.15, 0.2) is 36.4 Å². The highest BCUT2D eigenvalue weighted by Crippen LogP contribution is 2.62. The molecule has 3 fully saturated rings. The first-order chi connectivity index (χ1) is 13.3. The molecule has 1 unspecified atom stereocenters. The molecule has 2 bridgehead atoms. The minimum absolute atomic E-state index is 0.0426. The monoisotopic (exact) mass is 380 g/mol. The number of benzene rings is 2. The first kappa shape index (κ1) is 17.3. The van der Waals surface area contributed by atoms with Gasteiger partial charge in [0, 0.05) is 11.5 Å². The molecule has 3 aliphatic heterocycles. The van der Waals surface area contributed by atoms with Crippen LogP contribution in [0.3, 0.4) is 0 Å². The van der Waals surface area contributed by atoms with Gasteiger partial charge in [-0.1, -0.05) is 25.1 Å². The lowest BCUT2D eigenvalue weighted by Crippen LogP contribution is -2.41. The Morgan fingerprint density at radius 3 is 2.46 bits per heavy atom. The Morgan fingerprint density at radius 1 is 1.11 bits per heavy atom. The van der Waals surface area contributed by atoms with Crippen molar-refractivity contribution in [3.63, 3.8) is 0 Å². The average molecular weight is 380 g/mol. The molecular formula is C21H20N2O5. The summed E-state index contributed by atoms with van der Waals surface area (Å²) in [5.41, 5.74) is -0.838. The Labute approximate surface area is 161 Å². The fraction of sp³-hybridized carbons (Fsp3) is 0.429. The Hall–Kier alpha value is -2.80. The molecular weight excluding hydrogens is 360 g/mol. The van der Waals surface area contributed by atoms with Crippen LogP contribution in [0.1, 0.15) is 33.1 Å². The maximum absolute atomic E-state index is 13.4. The number of hydrogen-bond acceptors (Lipinski definition) is 5. The van der Waals surface area contributed by atoms with Crippen LogP contribution in [0.2, 0.25) is 0 Å². The average Bonchev–Trinajstić information content (AvgIpc) is 3.26. The normalized spacial score (nSPS) is 33.7. The van der Waals surface area contributed by atoms with Crippen LogP contribution in [0.4, 0.5) is 11.4 Å². The van der Waals surface area contributed by atoms with Gasteiger partial charge in [-0.2, -0.15) is 0 Å². The number of amides is 2. The first-order valence-corrected chi connectivity index (χ1v) is 9.57. The molecule has 4 atom stereocenters. The second-order valence-corrected chi connectivity index (χ2v) is 8.21. The quantitative estimate of drug-likeness (QED) is 0.461. The van der Waals surface area contributed by atoms with E-state index < -0.39 is 28.0 Å². The van der Waals surface area contributed by atoms with Gasteiger partial charge in [0.25, 0.3) is 5.69 Å². The third-order valence-electron chi connectivity index (χ3n) is 6.93. The lowest BCUT2D eigenvalue weighted by Gasteiger charge is -2.29. The lowest BCUT2D eigenvalue weighted by molar-refractivity contribution is -0.383. The highest BCUT2D eigenvalue weighted by Gasteiger charge is 2.73. The zero-order chi connectivity index (χ0) is 19.8. The summed E-state index contributed by atoms with van der Waals surface area (Å²) in [7, 11) is 0. The summed E-state index contributed by atoms with van der Waals surface area (Å²) in [6.07, 6.45) is 2.21. The molecule has 3 heterocycles. The molecule has 2 aromatic rings. The summed E-state index contributed by atoms with van der Waals surface area (Å²) in [4.78, 5) is 39.0. The third kappa shape index (κ3) is 1.92. The number of hydrogen-bond donors (Lipinski definition) is 0. The molecule has 3 saturated heterocycles. The van der Waals surface area contributed by atoms with Crippen molar-refractivity contribution >= 4 is 34.0 Å². The van der Waals surface area contributed by atoms with E-state index in [-0.39, 0.29) is 17.5 Å². The number of carbonyl (C=O) groups excluding carboxylic acids is 2. The molecule has 2 amide bonds. The summed E-state index contributed by atoms with van der Waals surface area (Å²) in [6, 6.07) is 9.71. The van der Waals surface area contributed by atoms with Crippen molar-refractivity contribution in [1.82, 2.24) is 0 Å². The van der Waals surface area contributed by atoms with Crippen molar-refractivity contribution in [2.24, 2.45) is 11.8 Å². The van der Waals surface area contributed by atoms with E-state index in [1.54, 1.807) is 24.3 Å². The number of fused-ring (bicyclic) bond motifs is 6. The minimum atomic E-state index is -0.626. The van der Waals surface area contributed by atoms with Gasteiger partial charge in [0.05, 0.1) is 39.0 Å². The predicted octanol–water partition coefficient (Wildman–Crippen LogP) is 3.59. The molecule has 5 rings (SSSR count). The van der Waals surface area contributed by atoms with E-state index in [1.807, 2.05) is 13.8 Å². The third-order valence-corrected chi connectivity index (χ3v) is 6.93. The van der Waals surface area contributed by atoms with Crippen LogP contribution >= 0.6 is 0 Å². The van der Waals surface area contributed by atoms with Crippen molar-refractivity contribution in [3.8, 4) is 0 Å². The van der Waals surface area contributed by atoms with Gasteiger partial charge in [0.15, 0.2) is 0 Å². The van der Waals surface area contributed by atoms with Crippen molar-refractivity contribution < 1.29 is 19.2 Å². The van der Waals surface area contributed by atoms with Crippen LogP contribution in [0.25, 0.3) is 10.8 Å². The second kappa shape index (κ2) is 5.38. The highest BCUT2D eigenvalue weighted by atomic mass is 16.6. The van der Waals surface area contributed by atoms with Crippen LogP contribution < -0.4 is 4.90 Å². The van der Waals surface area contributed by atoms with Gasteiger partial charge in [-0.05, 0) is 38.3 Å². The van der Waals surface area contributed by atoms with Gasteiger partial charge in [-0.3, -0.25) is 19.7 Å². The molecule has 2 aromatic carbocycles. The number of rotatable bonds is 3. The van der Waals surface area contributed by atoms with Crippen LogP contribution in [0, 0.1) is 22.0 Å². The number of carbonyl (C=O) groups is 2. The van der Waals surface area contributed by atoms with Crippen molar-refractivity contribution in [1.29, 1.82) is 0 Å². The van der Waals surface area contributed by atoms with Crippen LogP contribution in [-0.2, 0) is 14.3 Å². The summed E-state index contributed by atoms with van der Waals surface area (Å²) in [5, 5.41) is 12.3. The standard InChI is InChI=1S/C21H20N2O5/c1-3-21-11-10-20(2,28-21)16-17(21)19(25)22(18(16)24)14-8-9-15(23(26)27)13-7-5-4-6-12(13)14/h4-9,16-17H,3,10-11H2,1-2H3/t16-,17+,20?,21+/m0/s1. The number of non-ortho nitro benzene ring substituents is 1. The Kier molecular flexibility index (Phi) is 3.33. The number of anilines is 1. The molecule has 0 radical (unpaired) electrons. The van der Waals surface area contributed by atoms with E-state index in [0.29, 0.717) is 22.9 Å². The molecule has 144 valence electrons. The molecule has 0 N–H and O–H groups in total. The molecule has 0 aliphatic carbocycles. The zero-order valence-electron chi connectivity index (χ0n) is 15.7. The summed E-state index contributed by atoms with van der Waals surface area (Å²) in [5.74, 6) is -1.49. The lowest BCUT2D eigenvalue weighted by atomic mass is 9.67. The summed E-state index contributed by atoms with van der Waals surface area (Å²) in [6.45, 7) is 3.92. The fourth-order valence-corrected chi connectivity index (χ4v) is 5.61. The fourth-order valence-electron chi connectivity index (χ4n) is 5.61. The van der Waals surface area contributed by atoms with Gasteiger partial charge < -0.3 is 4.74 Å². The maximum atomic E-state index is 13.4. The van der Waals surface area contributed by atoms with Crippen molar-refractivity contribution in [2.45, 2.75) is 44.3 Å². The van der Waals surface area contributed by atoms with E-state index in [9.17, 15) is 19.7 Å². The van der Waals surface area contributed by atoms with Gasteiger partial charge in [0.2, 0.25) is 11.8 Å². The van der Waals surface area contributed by atoms with Gasteiger partial charge in [0.1, 0.15) is 0 Å². The zero-order valence-corrected chi connectivity index (χ0v) is 15.7. The second-order valence-electron chi connectivity index (χ2n) is 8.21. The number of nitro benzene ring substituents is 1. The van der Waals surface area contributed by atoms with Crippen molar-refractivity contribution in [3.05, 3.63) is 46.5 Å². The van der Waals surface area contributed by atoms with Crippen LogP contribution in [0.5, 0.6) is 0 Å². The minimum Gasteiger partial charge on any atom is -0.367 e. The molecule has 0 aromatic heterocycles. The Bertz CT molecular complexity index is 1070. The molecule has 7 heteroatoms. The number of ether oxygens (including phenoxy) is 1. The Morgan fingerprint density at radius 2 is 1.79 bits per heavy atom. The maximum Gasteiger partial charge on any atom is 0.277 e.